The molecular weight excluding hydrogens is 316 g/mol. The number of carbonyl (C=O) groups excluding carboxylic acids is 2. The molecule has 2 heterocycles. The predicted octanol–water partition coefficient (Wildman–Crippen LogP) is 2.46. The van der Waals surface area contributed by atoms with Gasteiger partial charge in [-0.25, -0.2) is 9.97 Å². The summed E-state index contributed by atoms with van der Waals surface area (Å²) >= 11 is 0. The van der Waals surface area contributed by atoms with Crippen molar-refractivity contribution >= 4 is 11.8 Å². The van der Waals surface area contributed by atoms with Crippen LogP contribution in [0.5, 0.6) is 0 Å². The average molecular weight is 346 g/mol. The van der Waals surface area contributed by atoms with Crippen LogP contribution in [0.25, 0.3) is 0 Å². The van der Waals surface area contributed by atoms with Crippen molar-refractivity contribution in [1.29, 1.82) is 0 Å². The Hall–Kier alpha value is -1.98. The van der Waals surface area contributed by atoms with Gasteiger partial charge in [-0.3, -0.25) is 9.59 Å². The number of aromatic nitrogens is 2. The maximum absolute atomic E-state index is 12.5. The third-order valence-electron chi connectivity index (χ3n) is 4.72. The van der Waals surface area contributed by atoms with Gasteiger partial charge in [-0.1, -0.05) is 27.7 Å². The quantitative estimate of drug-likeness (QED) is 0.912. The first-order chi connectivity index (χ1) is 11.5. The van der Waals surface area contributed by atoms with Gasteiger partial charge in [-0.15, -0.1) is 0 Å². The molecule has 0 bridgehead atoms. The van der Waals surface area contributed by atoms with Crippen LogP contribution in [-0.2, 0) is 10.2 Å². The molecule has 0 spiro atoms. The number of hydrogen-bond acceptors (Lipinski definition) is 4. The Morgan fingerprint density at radius 2 is 1.84 bits per heavy atom. The molecule has 0 unspecified atom stereocenters. The Bertz CT molecular complexity index is 656. The molecule has 2 rings (SSSR count). The molecule has 0 radical (unpaired) electrons. The summed E-state index contributed by atoms with van der Waals surface area (Å²) in [5.74, 6) is 0.650. The van der Waals surface area contributed by atoms with Crippen molar-refractivity contribution in [2.24, 2.45) is 5.41 Å². The summed E-state index contributed by atoms with van der Waals surface area (Å²) in [4.78, 5) is 35.0. The fourth-order valence-electron chi connectivity index (χ4n) is 2.93. The largest absolute Gasteiger partial charge is 0.350 e. The fraction of sp³-hybridized carbons (Fsp3) is 0.684. The highest BCUT2D eigenvalue weighted by molar-refractivity contribution is 5.92. The van der Waals surface area contributed by atoms with E-state index in [1.165, 1.54) is 0 Å². The summed E-state index contributed by atoms with van der Waals surface area (Å²) in [6, 6.07) is 1.73. The van der Waals surface area contributed by atoms with E-state index in [9.17, 15) is 9.59 Å². The summed E-state index contributed by atoms with van der Waals surface area (Å²) in [6.07, 6.45) is 1.61. The van der Waals surface area contributed by atoms with Crippen molar-refractivity contribution in [3.63, 3.8) is 0 Å². The van der Waals surface area contributed by atoms with Gasteiger partial charge in [0.25, 0.3) is 5.91 Å². The van der Waals surface area contributed by atoms with Crippen LogP contribution in [0, 0.1) is 12.3 Å². The van der Waals surface area contributed by atoms with Crippen LogP contribution in [0.2, 0.25) is 0 Å². The number of nitrogens with zero attached hydrogens (tertiary/aromatic N) is 3. The van der Waals surface area contributed by atoms with Gasteiger partial charge in [-0.2, -0.15) is 0 Å². The van der Waals surface area contributed by atoms with Crippen LogP contribution in [0.3, 0.4) is 0 Å². The van der Waals surface area contributed by atoms with E-state index in [0.717, 1.165) is 18.5 Å². The number of hydrogen-bond donors (Lipinski definition) is 1. The number of aryl methyl sites for hydroxylation is 1. The number of likely N-dealkylation sites (tertiary alicyclic amines) is 1. The Labute approximate surface area is 150 Å². The number of rotatable bonds is 3. The summed E-state index contributed by atoms with van der Waals surface area (Å²) in [5.41, 5.74) is 1.02. The van der Waals surface area contributed by atoms with Crippen LogP contribution in [0.4, 0.5) is 0 Å². The molecular formula is C19H30N4O2. The molecule has 1 aliphatic heterocycles. The molecule has 1 aromatic heterocycles. The lowest BCUT2D eigenvalue weighted by molar-refractivity contribution is -0.130. The van der Waals surface area contributed by atoms with E-state index < -0.39 is 0 Å². The normalized spacial score (nSPS) is 17.3. The summed E-state index contributed by atoms with van der Waals surface area (Å²) in [7, 11) is 0. The zero-order valence-electron chi connectivity index (χ0n) is 16.3. The van der Waals surface area contributed by atoms with Gasteiger partial charge in [-0.05, 0) is 31.2 Å². The second-order valence-corrected chi connectivity index (χ2v) is 8.53. The first-order valence-corrected chi connectivity index (χ1v) is 8.90. The fourth-order valence-corrected chi connectivity index (χ4v) is 2.93. The van der Waals surface area contributed by atoms with Gasteiger partial charge in [0, 0.05) is 37.7 Å². The molecule has 1 saturated heterocycles. The van der Waals surface area contributed by atoms with E-state index >= 15 is 0 Å². The second-order valence-electron chi connectivity index (χ2n) is 8.53. The Morgan fingerprint density at radius 3 is 2.36 bits per heavy atom. The molecule has 138 valence electrons. The Kier molecular flexibility index (Phi) is 5.49. The molecule has 1 N–H and O–H groups in total. The Morgan fingerprint density at radius 1 is 1.24 bits per heavy atom. The van der Waals surface area contributed by atoms with E-state index in [1.54, 1.807) is 13.0 Å². The maximum atomic E-state index is 12.5. The highest BCUT2D eigenvalue weighted by Crippen LogP contribution is 2.33. The highest BCUT2D eigenvalue weighted by atomic mass is 16.2. The van der Waals surface area contributed by atoms with Gasteiger partial charge < -0.3 is 10.2 Å². The minimum atomic E-state index is -0.211. The number of amides is 2. The van der Waals surface area contributed by atoms with Gasteiger partial charge in [0.15, 0.2) is 0 Å². The molecule has 0 saturated carbocycles. The van der Waals surface area contributed by atoms with E-state index in [0.29, 0.717) is 31.2 Å². The lowest BCUT2D eigenvalue weighted by Crippen LogP contribution is -2.44. The molecule has 1 aromatic rings. The molecule has 0 aliphatic carbocycles. The van der Waals surface area contributed by atoms with Crippen molar-refractivity contribution in [2.45, 2.75) is 59.8 Å². The van der Waals surface area contributed by atoms with E-state index in [-0.39, 0.29) is 22.6 Å². The van der Waals surface area contributed by atoms with Gasteiger partial charge >= 0.3 is 0 Å². The molecule has 6 heteroatoms. The zero-order chi connectivity index (χ0) is 18.8. The number of carbonyl (C=O) groups is 2. The standard InChI is InChI=1S/C19H30N4O2/c1-13-11-15(16(25)20-12-18(3,4)5)22-17(21-13)19(6)7-9-23(10-8-19)14(2)24/h11H,7-10,12H2,1-6H3,(H,20,25). The van der Waals surface area contributed by atoms with Gasteiger partial charge in [0.05, 0.1) is 0 Å². The SMILES string of the molecule is CC(=O)N1CCC(C)(c2nc(C)cc(C(=O)NCC(C)(C)C)n2)CC1. The van der Waals surface area contributed by atoms with Crippen LogP contribution in [0.1, 0.15) is 69.5 Å². The van der Waals surface area contributed by atoms with Crippen molar-refractivity contribution in [3.8, 4) is 0 Å². The molecule has 6 nitrogen and oxygen atoms in total. The molecule has 1 aliphatic rings. The van der Waals surface area contributed by atoms with Gasteiger partial charge in [0.1, 0.15) is 11.5 Å². The molecule has 25 heavy (non-hydrogen) atoms. The highest BCUT2D eigenvalue weighted by Gasteiger charge is 2.35. The van der Waals surface area contributed by atoms with Crippen LogP contribution < -0.4 is 5.32 Å². The predicted molar refractivity (Wildman–Crippen MR) is 97.4 cm³/mol. The summed E-state index contributed by atoms with van der Waals surface area (Å²) in [5, 5.41) is 2.95. The molecule has 1 fully saturated rings. The molecule has 0 atom stereocenters. The topological polar surface area (TPSA) is 75.2 Å². The third kappa shape index (κ3) is 5.00. The second kappa shape index (κ2) is 7.10. The van der Waals surface area contributed by atoms with Crippen molar-refractivity contribution in [2.75, 3.05) is 19.6 Å². The summed E-state index contributed by atoms with van der Waals surface area (Å²) in [6.45, 7) is 13.8. The van der Waals surface area contributed by atoms with Crippen molar-refractivity contribution < 1.29 is 9.59 Å². The van der Waals surface area contributed by atoms with E-state index in [4.69, 9.17) is 0 Å². The minimum absolute atomic E-state index is 0.0199. The molecule has 2 amide bonds. The Balaban J connectivity index is 2.18. The zero-order valence-corrected chi connectivity index (χ0v) is 16.3. The number of piperidine rings is 1. The number of nitrogens with one attached hydrogen (secondary N) is 1. The average Bonchev–Trinajstić information content (AvgIpc) is 2.51. The van der Waals surface area contributed by atoms with Crippen LogP contribution in [0.15, 0.2) is 6.07 Å². The van der Waals surface area contributed by atoms with Crippen LogP contribution >= 0.6 is 0 Å². The van der Waals surface area contributed by atoms with Gasteiger partial charge in [0.2, 0.25) is 5.91 Å². The van der Waals surface area contributed by atoms with E-state index in [2.05, 4.69) is 43.0 Å². The van der Waals surface area contributed by atoms with Crippen molar-refractivity contribution in [3.05, 3.63) is 23.3 Å². The monoisotopic (exact) mass is 346 g/mol. The lowest BCUT2D eigenvalue weighted by Gasteiger charge is -2.38. The van der Waals surface area contributed by atoms with E-state index in [1.807, 2.05) is 11.8 Å². The first kappa shape index (κ1) is 19.3. The maximum Gasteiger partial charge on any atom is 0.270 e. The first-order valence-electron chi connectivity index (χ1n) is 8.90. The van der Waals surface area contributed by atoms with Crippen molar-refractivity contribution in [1.82, 2.24) is 20.2 Å². The van der Waals surface area contributed by atoms with Crippen LogP contribution in [-0.4, -0.2) is 46.3 Å². The lowest BCUT2D eigenvalue weighted by atomic mass is 9.79. The minimum Gasteiger partial charge on any atom is -0.350 e. The third-order valence-corrected chi connectivity index (χ3v) is 4.72. The molecule has 0 aromatic carbocycles. The smallest absolute Gasteiger partial charge is 0.270 e. The summed E-state index contributed by atoms with van der Waals surface area (Å²) < 4.78 is 0.